The molecule has 2 aromatic heterocycles. The van der Waals surface area contributed by atoms with Gasteiger partial charge in [0, 0.05) is 24.8 Å². The molecule has 84 valence electrons. The molecule has 7 heteroatoms. The second-order valence-electron chi connectivity index (χ2n) is 2.93. The molecule has 0 unspecified atom stereocenters. The molecule has 0 aliphatic rings. The van der Waals surface area contributed by atoms with Crippen LogP contribution in [0.15, 0.2) is 36.9 Å². The Labute approximate surface area is 96.0 Å². The molecule has 2 aromatic rings. The van der Waals surface area contributed by atoms with Crippen molar-refractivity contribution >= 4 is 11.8 Å². The smallest absolute Gasteiger partial charge is 0.283 e. The van der Waals surface area contributed by atoms with Crippen molar-refractivity contribution in [1.82, 2.24) is 25.3 Å². The van der Waals surface area contributed by atoms with E-state index in [2.05, 4.69) is 25.3 Å². The van der Waals surface area contributed by atoms with E-state index in [0.717, 1.165) is 0 Å². The van der Waals surface area contributed by atoms with Crippen LogP contribution in [0.5, 0.6) is 0 Å². The maximum atomic E-state index is 11.5. The van der Waals surface area contributed by atoms with Gasteiger partial charge < -0.3 is 0 Å². The molecule has 0 aromatic carbocycles. The summed E-state index contributed by atoms with van der Waals surface area (Å²) >= 11 is 0. The molecule has 0 radical (unpaired) electrons. The molecule has 1 N–H and O–H groups in total. The number of nitrogens with zero attached hydrogens (tertiary/aromatic N) is 4. The summed E-state index contributed by atoms with van der Waals surface area (Å²) in [5, 5.41) is 2.08. The Morgan fingerprint density at radius 3 is 1.47 bits per heavy atom. The lowest BCUT2D eigenvalue weighted by Crippen LogP contribution is -2.32. The Morgan fingerprint density at radius 1 is 0.765 bits per heavy atom. The second-order valence-corrected chi connectivity index (χ2v) is 2.93. The number of hydrogen-bond donors (Lipinski definition) is 1. The number of carbonyl (C=O) groups is 2. The predicted octanol–water partition coefficient (Wildman–Crippen LogP) is -0.163. The fraction of sp³-hybridized carbons (Fsp3) is 0. The van der Waals surface area contributed by atoms with Gasteiger partial charge in [-0.2, -0.15) is 0 Å². The van der Waals surface area contributed by atoms with Crippen LogP contribution < -0.4 is 5.32 Å². The number of rotatable bonds is 2. The average Bonchev–Trinajstić information content (AvgIpc) is 2.40. The molecule has 0 fully saturated rings. The lowest BCUT2D eigenvalue weighted by molar-refractivity contribution is 0.0837. The summed E-state index contributed by atoms with van der Waals surface area (Å²) < 4.78 is 0. The molecule has 17 heavy (non-hydrogen) atoms. The van der Waals surface area contributed by atoms with Crippen LogP contribution in [-0.2, 0) is 0 Å². The molecule has 7 nitrogen and oxygen atoms in total. The Balaban J connectivity index is 2.08. The summed E-state index contributed by atoms with van der Waals surface area (Å²) in [7, 11) is 0. The van der Waals surface area contributed by atoms with Gasteiger partial charge in [0.2, 0.25) is 11.6 Å². The van der Waals surface area contributed by atoms with Gasteiger partial charge in [0.1, 0.15) is 0 Å². The van der Waals surface area contributed by atoms with Crippen molar-refractivity contribution in [2.45, 2.75) is 0 Å². The van der Waals surface area contributed by atoms with E-state index in [-0.39, 0.29) is 11.6 Å². The molecule has 0 aliphatic heterocycles. The van der Waals surface area contributed by atoms with Gasteiger partial charge in [-0.3, -0.25) is 14.9 Å². The first-order chi connectivity index (χ1) is 8.27. The molecule has 2 heterocycles. The number of imide groups is 1. The number of amides is 2. The first kappa shape index (κ1) is 10.8. The summed E-state index contributed by atoms with van der Waals surface area (Å²) in [6, 6.07) is 3.14. The minimum atomic E-state index is -0.692. The van der Waals surface area contributed by atoms with Crippen molar-refractivity contribution < 1.29 is 9.59 Å². The summed E-state index contributed by atoms with van der Waals surface area (Å²) in [5.41, 5.74) is 0. The van der Waals surface area contributed by atoms with Crippen molar-refractivity contribution in [2.75, 3.05) is 0 Å². The maximum absolute atomic E-state index is 11.5. The van der Waals surface area contributed by atoms with Crippen molar-refractivity contribution in [3.05, 3.63) is 48.6 Å². The van der Waals surface area contributed by atoms with E-state index in [4.69, 9.17) is 0 Å². The molecule has 2 amide bonds. The first-order valence-electron chi connectivity index (χ1n) is 4.67. The van der Waals surface area contributed by atoms with Gasteiger partial charge in [-0.25, -0.2) is 19.9 Å². The highest BCUT2D eigenvalue weighted by Crippen LogP contribution is 1.91. The predicted molar refractivity (Wildman–Crippen MR) is 55.9 cm³/mol. The summed E-state index contributed by atoms with van der Waals surface area (Å²) in [5.74, 6) is -1.56. The van der Waals surface area contributed by atoms with E-state index in [1.165, 1.54) is 24.8 Å². The van der Waals surface area contributed by atoms with E-state index in [1.807, 2.05) is 0 Å². The third kappa shape index (κ3) is 2.65. The van der Waals surface area contributed by atoms with Gasteiger partial charge in [0.15, 0.2) is 0 Å². The zero-order valence-electron chi connectivity index (χ0n) is 8.57. The fourth-order valence-electron chi connectivity index (χ4n) is 1.05. The molecule has 0 bridgehead atoms. The van der Waals surface area contributed by atoms with Gasteiger partial charge in [0.25, 0.3) is 11.8 Å². The Hall–Kier alpha value is -2.70. The molecule has 0 saturated heterocycles. The molecule has 0 atom stereocenters. The minimum Gasteiger partial charge on any atom is -0.283 e. The summed E-state index contributed by atoms with van der Waals surface area (Å²) in [6.45, 7) is 0. The topological polar surface area (TPSA) is 97.7 Å². The van der Waals surface area contributed by atoms with Crippen LogP contribution in [-0.4, -0.2) is 31.8 Å². The van der Waals surface area contributed by atoms with E-state index in [9.17, 15) is 9.59 Å². The average molecular weight is 229 g/mol. The lowest BCUT2D eigenvalue weighted by Gasteiger charge is -2.00. The van der Waals surface area contributed by atoms with Crippen LogP contribution >= 0.6 is 0 Å². The van der Waals surface area contributed by atoms with Crippen LogP contribution in [0.4, 0.5) is 0 Å². The monoisotopic (exact) mass is 229 g/mol. The van der Waals surface area contributed by atoms with Gasteiger partial charge >= 0.3 is 0 Å². The van der Waals surface area contributed by atoms with Crippen LogP contribution in [0.3, 0.4) is 0 Å². The molecule has 0 spiro atoms. The van der Waals surface area contributed by atoms with Crippen molar-refractivity contribution in [3.63, 3.8) is 0 Å². The summed E-state index contributed by atoms with van der Waals surface area (Å²) in [4.78, 5) is 37.9. The van der Waals surface area contributed by atoms with Gasteiger partial charge in [0.05, 0.1) is 0 Å². The molecular formula is C10H7N5O2. The van der Waals surface area contributed by atoms with Crippen LogP contribution in [0, 0.1) is 0 Å². The van der Waals surface area contributed by atoms with Crippen LogP contribution in [0.25, 0.3) is 0 Å². The third-order valence-electron chi connectivity index (χ3n) is 1.76. The van der Waals surface area contributed by atoms with E-state index in [1.54, 1.807) is 12.1 Å². The maximum Gasteiger partial charge on any atom is 0.295 e. The molecule has 0 aliphatic carbocycles. The number of hydrogen-bond acceptors (Lipinski definition) is 6. The van der Waals surface area contributed by atoms with Gasteiger partial charge in [-0.15, -0.1) is 0 Å². The van der Waals surface area contributed by atoms with E-state index >= 15 is 0 Å². The van der Waals surface area contributed by atoms with Crippen LogP contribution in [0.1, 0.15) is 21.2 Å². The van der Waals surface area contributed by atoms with Crippen LogP contribution in [0.2, 0.25) is 0 Å². The largest absolute Gasteiger partial charge is 0.295 e. The number of carbonyl (C=O) groups excluding carboxylic acids is 2. The highest BCUT2D eigenvalue weighted by atomic mass is 16.2. The zero-order chi connectivity index (χ0) is 12.1. The minimum absolute atomic E-state index is 0.0863. The van der Waals surface area contributed by atoms with Crippen molar-refractivity contribution in [1.29, 1.82) is 0 Å². The number of aromatic nitrogens is 4. The second kappa shape index (κ2) is 4.88. The third-order valence-corrected chi connectivity index (χ3v) is 1.76. The van der Waals surface area contributed by atoms with Gasteiger partial charge in [-0.1, -0.05) is 0 Å². The van der Waals surface area contributed by atoms with Crippen molar-refractivity contribution in [2.24, 2.45) is 0 Å². The quantitative estimate of drug-likeness (QED) is 0.718. The Bertz CT molecular complexity index is 479. The van der Waals surface area contributed by atoms with Gasteiger partial charge in [-0.05, 0) is 12.1 Å². The Kier molecular flexibility index (Phi) is 3.10. The standard InChI is InChI=1S/C10H7N5O2/c16-9(7-11-3-1-4-12-7)15-10(17)8-13-5-2-6-14-8/h1-6H,(H,15,16,17). The van der Waals surface area contributed by atoms with E-state index in [0.29, 0.717) is 0 Å². The Morgan fingerprint density at radius 2 is 1.12 bits per heavy atom. The highest BCUT2D eigenvalue weighted by Gasteiger charge is 2.15. The number of nitrogens with one attached hydrogen (secondary N) is 1. The lowest BCUT2D eigenvalue weighted by atomic mass is 10.4. The SMILES string of the molecule is O=C(NC(=O)c1ncccn1)c1ncccn1. The highest BCUT2D eigenvalue weighted by molar-refractivity contribution is 6.07. The first-order valence-corrected chi connectivity index (χ1v) is 4.67. The van der Waals surface area contributed by atoms with E-state index < -0.39 is 11.8 Å². The molecule has 2 rings (SSSR count). The summed E-state index contributed by atoms with van der Waals surface area (Å²) in [6.07, 6.45) is 5.63. The zero-order valence-corrected chi connectivity index (χ0v) is 8.57. The molecule has 0 saturated carbocycles. The normalized spacial score (nSPS) is 9.65. The molecular weight excluding hydrogens is 222 g/mol. The van der Waals surface area contributed by atoms with Crippen molar-refractivity contribution in [3.8, 4) is 0 Å². The fourth-order valence-corrected chi connectivity index (χ4v) is 1.05.